The van der Waals surface area contributed by atoms with E-state index >= 15 is 0 Å². The maximum Gasteiger partial charge on any atom is 0.289 e. The molecule has 1 aromatic heterocycles. The van der Waals surface area contributed by atoms with Crippen molar-refractivity contribution >= 4 is 40.9 Å². The van der Waals surface area contributed by atoms with Crippen LogP contribution in [0.15, 0.2) is 41.0 Å². The van der Waals surface area contributed by atoms with Crippen LogP contribution in [0.5, 0.6) is 0 Å². The van der Waals surface area contributed by atoms with Gasteiger partial charge in [-0.15, -0.1) is 0 Å². The second kappa shape index (κ2) is 10.9. The minimum atomic E-state index is -0.697. The van der Waals surface area contributed by atoms with Crippen LogP contribution in [0.4, 0.5) is 0 Å². The van der Waals surface area contributed by atoms with Crippen molar-refractivity contribution < 1.29 is 18.8 Å². The van der Waals surface area contributed by atoms with Gasteiger partial charge in [-0.2, -0.15) is 0 Å². The first kappa shape index (κ1) is 24.1. The molecule has 0 bridgehead atoms. The molecule has 0 radical (unpaired) electrons. The fourth-order valence-electron chi connectivity index (χ4n) is 3.70. The van der Waals surface area contributed by atoms with Crippen LogP contribution in [0, 0.1) is 5.92 Å². The molecule has 1 aliphatic rings. The molecule has 7 nitrogen and oxygen atoms in total. The molecule has 9 heteroatoms. The highest BCUT2D eigenvalue weighted by Crippen LogP contribution is 2.21. The molecule has 0 saturated carbocycles. The molecule has 2 aromatic rings. The van der Waals surface area contributed by atoms with Gasteiger partial charge in [-0.3, -0.25) is 14.4 Å². The normalized spacial score (nSPS) is 15.5. The number of hydrogen-bond acceptors (Lipinski definition) is 4. The van der Waals surface area contributed by atoms with Gasteiger partial charge in [0, 0.05) is 24.2 Å². The van der Waals surface area contributed by atoms with E-state index < -0.39 is 11.9 Å². The number of nitrogens with zero attached hydrogens (tertiary/aromatic N) is 1. The zero-order valence-corrected chi connectivity index (χ0v) is 19.6. The van der Waals surface area contributed by atoms with Gasteiger partial charge in [-0.25, -0.2) is 0 Å². The Labute approximate surface area is 197 Å². The van der Waals surface area contributed by atoms with Crippen molar-refractivity contribution in [1.82, 2.24) is 15.5 Å². The number of nitrogens with one attached hydrogen (secondary N) is 2. The van der Waals surface area contributed by atoms with E-state index in [2.05, 4.69) is 10.6 Å². The van der Waals surface area contributed by atoms with Crippen molar-refractivity contribution in [2.75, 3.05) is 13.1 Å². The molecule has 1 aliphatic heterocycles. The van der Waals surface area contributed by atoms with Crippen molar-refractivity contribution in [3.8, 4) is 0 Å². The first-order valence-corrected chi connectivity index (χ1v) is 11.4. The fourth-order valence-corrected chi connectivity index (χ4v) is 4.19. The molecule has 2 N–H and O–H groups in total. The number of carbonyl (C=O) groups is 3. The molecule has 32 heavy (non-hydrogen) atoms. The Morgan fingerprint density at radius 3 is 2.47 bits per heavy atom. The lowest BCUT2D eigenvalue weighted by Gasteiger charge is -2.33. The molecule has 3 rings (SSSR count). The summed E-state index contributed by atoms with van der Waals surface area (Å²) >= 11 is 12.0. The summed E-state index contributed by atoms with van der Waals surface area (Å²) in [6.07, 6.45) is 3.21. The van der Waals surface area contributed by atoms with Crippen LogP contribution in [0.2, 0.25) is 10.0 Å². The number of halogens is 2. The quantitative estimate of drug-likeness (QED) is 0.623. The molecule has 2 heterocycles. The number of hydrogen-bond donors (Lipinski definition) is 2. The molecule has 0 spiro atoms. The number of rotatable bonds is 7. The number of furan rings is 1. The van der Waals surface area contributed by atoms with Gasteiger partial charge in [0.15, 0.2) is 5.76 Å². The summed E-state index contributed by atoms with van der Waals surface area (Å²) in [6, 6.07) is 7.16. The van der Waals surface area contributed by atoms with Crippen LogP contribution in [0.3, 0.4) is 0 Å². The van der Waals surface area contributed by atoms with E-state index in [1.54, 1.807) is 23.1 Å². The summed E-state index contributed by atoms with van der Waals surface area (Å²) < 4.78 is 5.18. The topological polar surface area (TPSA) is 91.7 Å². The van der Waals surface area contributed by atoms with Crippen LogP contribution in [-0.2, 0) is 4.79 Å². The van der Waals surface area contributed by atoms with Gasteiger partial charge < -0.3 is 20.0 Å². The van der Waals surface area contributed by atoms with Gasteiger partial charge in [0.25, 0.3) is 11.8 Å². The number of benzene rings is 1. The minimum absolute atomic E-state index is 0.0752. The van der Waals surface area contributed by atoms with Gasteiger partial charge in [0.05, 0.1) is 16.8 Å². The van der Waals surface area contributed by atoms with E-state index in [-0.39, 0.29) is 34.4 Å². The second-order valence-electron chi connectivity index (χ2n) is 8.33. The molecule has 0 aliphatic carbocycles. The first-order chi connectivity index (χ1) is 15.2. The van der Waals surface area contributed by atoms with Crippen LogP contribution >= 0.6 is 23.2 Å². The maximum absolute atomic E-state index is 13.0. The van der Waals surface area contributed by atoms with Crippen LogP contribution in [0.25, 0.3) is 0 Å². The van der Waals surface area contributed by atoms with Crippen LogP contribution in [-0.4, -0.2) is 47.8 Å². The fraction of sp³-hybridized carbons (Fsp3) is 0.435. The summed E-state index contributed by atoms with van der Waals surface area (Å²) in [5.74, 6) is -0.309. The number of carbonyl (C=O) groups excluding carboxylic acids is 3. The van der Waals surface area contributed by atoms with E-state index in [9.17, 15) is 14.4 Å². The van der Waals surface area contributed by atoms with E-state index in [4.69, 9.17) is 27.6 Å². The van der Waals surface area contributed by atoms with Crippen molar-refractivity contribution in [1.29, 1.82) is 0 Å². The Morgan fingerprint density at radius 2 is 1.88 bits per heavy atom. The van der Waals surface area contributed by atoms with Crippen molar-refractivity contribution in [2.24, 2.45) is 5.92 Å². The zero-order chi connectivity index (χ0) is 23.3. The Balaban J connectivity index is 1.58. The van der Waals surface area contributed by atoms with Crippen molar-refractivity contribution in [3.05, 3.63) is 58.0 Å². The average Bonchev–Trinajstić information content (AvgIpc) is 3.27. The Morgan fingerprint density at radius 1 is 1.16 bits per heavy atom. The highest BCUT2D eigenvalue weighted by molar-refractivity contribution is 6.36. The van der Waals surface area contributed by atoms with Crippen molar-refractivity contribution in [2.45, 2.75) is 45.2 Å². The highest BCUT2D eigenvalue weighted by atomic mass is 35.5. The van der Waals surface area contributed by atoms with Crippen LogP contribution in [0.1, 0.15) is 54.0 Å². The predicted molar refractivity (Wildman–Crippen MR) is 123 cm³/mol. The van der Waals surface area contributed by atoms with Crippen LogP contribution < -0.4 is 10.6 Å². The highest BCUT2D eigenvalue weighted by Gasteiger charge is 2.29. The molecule has 1 unspecified atom stereocenters. The second-order valence-corrected chi connectivity index (χ2v) is 9.18. The monoisotopic (exact) mass is 479 g/mol. The van der Waals surface area contributed by atoms with Gasteiger partial charge in [-0.1, -0.05) is 37.0 Å². The minimum Gasteiger partial charge on any atom is -0.459 e. The summed E-state index contributed by atoms with van der Waals surface area (Å²) in [5, 5.41) is 6.49. The molecule has 1 fully saturated rings. The summed E-state index contributed by atoms with van der Waals surface area (Å²) in [7, 11) is 0. The summed E-state index contributed by atoms with van der Waals surface area (Å²) in [5.41, 5.74) is 0.266. The van der Waals surface area contributed by atoms with Gasteiger partial charge >= 0.3 is 0 Å². The average molecular weight is 480 g/mol. The lowest BCUT2D eigenvalue weighted by Crippen LogP contribution is -2.53. The zero-order valence-electron chi connectivity index (χ0n) is 18.1. The predicted octanol–water partition coefficient (Wildman–Crippen LogP) is 4.15. The Bertz CT molecular complexity index is 954. The van der Waals surface area contributed by atoms with Gasteiger partial charge in [0.1, 0.15) is 6.04 Å². The largest absolute Gasteiger partial charge is 0.459 e. The third-order valence-electron chi connectivity index (χ3n) is 5.37. The molecule has 1 saturated heterocycles. The standard InChI is InChI=1S/C23H27Cl2N3O4/c1-14(2)12-19(27-21(29)17-6-5-15(24)13-18(17)25)22(30)26-16-7-9-28(10-8-16)23(31)20-4-3-11-32-20/h3-6,11,13-14,16,19H,7-10,12H2,1-2H3,(H,26,30)(H,27,29). The van der Waals surface area contributed by atoms with Gasteiger partial charge in [-0.05, 0) is 55.5 Å². The maximum atomic E-state index is 13.0. The first-order valence-electron chi connectivity index (χ1n) is 10.6. The third-order valence-corrected chi connectivity index (χ3v) is 5.91. The summed E-state index contributed by atoms with van der Waals surface area (Å²) in [4.78, 5) is 39.8. The number of piperidine rings is 1. The lowest BCUT2D eigenvalue weighted by molar-refractivity contribution is -0.124. The van der Waals surface area contributed by atoms with Crippen molar-refractivity contribution in [3.63, 3.8) is 0 Å². The smallest absolute Gasteiger partial charge is 0.289 e. The molecule has 1 atom stereocenters. The number of amides is 3. The Kier molecular flexibility index (Phi) is 8.21. The molecule has 1 aromatic carbocycles. The lowest BCUT2D eigenvalue weighted by atomic mass is 10.00. The molecular formula is C23H27Cl2N3O4. The molecule has 172 valence electrons. The van der Waals surface area contributed by atoms with E-state index in [0.717, 1.165) is 0 Å². The van der Waals surface area contributed by atoms with E-state index in [1.807, 2.05) is 13.8 Å². The third kappa shape index (κ3) is 6.26. The van der Waals surface area contributed by atoms with Gasteiger partial charge in [0.2, 0.25) is 5.91 Å². The number of likely N-dealkylation sites (tertiary alicyclic amines) is 1. The van der Waals surface area contributed by atoms with E-state index in [0.29, 0.717) is 43.1 Å². The molecule has 3 amide bonds. The SMILES string of the molecule is CC(C)CC(NC(=O)c1ccc(Cl)cc1Cl)C(=O)NC1CCN(C(=O)c2ccco2)CC1. The molecular weight excluding hydrogens is 453 g/mol. The summed E-state index contributed by atoms with van der Waals surface area (Å²) in [6.45, 7) is 5.01. The Hall–Kier alpha value is -2.51. The van der Waals surface area contributed by atoms with E-state index in [1.165, 1.54) is 18.4 Å².